The molecule has 1 aromatic rings. The van der Waals surface area contributed by atoms with Crippen LogP contribution < -0.4 is 5.32 Å². The van der Waals surface area contributed by atoms with Crippen LogP contribution in [0.2, 0.25) is 0 Å². The largest absolute Gasteiger partial charge is 0.374 e. The highest BCUT2D eigenvalue weighted by atomic mass is 16.5. The number of morpholine rings is 1. The van der Waals surface area contributed by atoms with Gasteiger partial charge >= 0.3 is 0 Å². The smallest absolute Gasteiger partial charge is 0.236 e. The number of hydrogen-bond acceptors (Lipinski definition) is 6. The highest BCUT2D eigenvalue weighted by Gasteiger charge is 2.27. The van der Waals surface area contributed by atoms with Crippen LogP contribution in [0.15, 0.2) is 18.3 Å². The summed E-state index contributed by atoms with van der Waals surface area (Å²) in [6.45, 7) is 4.28. The minimum atomic E-state index is 0.0623. The van der Waals surface area contributed by atoms with Crippen LogP contribution in [0, 0.1) is 5.92 Å². The first-order chi connectivity index (χ1) is 11.2. The molecule has 0 unspecified atom stereocenters. The summed E-state index contributed by atoms with van der Waals surface area (Å²) >= 11 is 0. The molecule has 2 heterocycles. The first-order valence-electron chi connectivity index (χ1n) is 8.30. The number of hydrogen-bond donors (Lipinski definition) is 1. The molecule has 1 aliphatic heterocycles. The lowest BCUT2D eigenvalue weighted by Crippen LogP contribution is -2.49. The van der Waals surface area contributed by atoms with Crippen molar-refractivity contribution in [3.63, 3.8) is 0 Å². The summed E-state index contributed by atoms with van der Waals surface area (Å²) < 4.78 is 5.77. The Kier molecular flexibility index (Phi) is 5.40. The summed E-state index contributed by atoms with van der Waals surface area (Å²) in [6, 6.07) is 3.72. The SMILES string of the molecule is CN(CC1CC1)C(=O)CN1CCO[C@@H](CNc2cccnn2)C1. The zero-order valence-electron chi connectivity index (χ0n) is 13.6. The van der Waals surface area contributed by atoms with E-state index in [1.54, 1.807) is 6.20 Å². The van der Waals surface area contributed by atoms with Crippen LogP contribution in [0.25, 0.3) is 0 Å². The maximum atomic E-state index is 12.3. The number of nitrogens with one attached hydrogen (secondary N) is 1. The predicted molar refractivity (Wildman–Crippen MR) is 87.1 cm³/mol. The second-order valence-electron chi connectivity index (χ2n) is 6.44. The van der Waals surface area contributed by atoms with Crippen LogP contribution in [0.3, 0.4) is 0 Å². The van der Waals surface area contributed by atoms with Crippen LogP contribution in [-0.4, -0.2) is 78.4 Å². The van der Waals surface area contributed by atoms with Crippen molar-refractivity contribution in [2.75, 3.05) is 51.7 Å². The first kappa shape index (κ1) is 16.1. The average Bonchev–Trinajstić information content (AvgIpc) is 3.38. The highest BCUT2D eigenvalue weighted by molar-refractivity contribution is 5.78. The van der Waals surface area contributed by atoms with Crippen LogP contribution in [0.4, 0.5) is 5.82 Å². The van der Waals surface area contributed by atoms with Gasteiger partial charge < -0.3 is 15.0 Å². The van der Waals surface area contributed by atoms with Gasteiger partial charge in [0.1, 0.15) is 5.82 Å². The van der Waals surface area contributed by atoms with E-state index in [1.807, 2.05) is 24.1 Å². The third-order valence-corrected chi connectivity index (χ3v) is 4.32. The molecule has 7 nitrogen and oxygen atoms in total. The van der Waals surface area contributed by atoms with E-state index < -0.39 is 0 Å². The number of carbonyl (C=O) groups excluding carboxylic acids is 1. The van der Waals surface area contributed by atoms with Crippen molar-refractivity contribution in [1.82, 2.24) is 20.0 Å². The van der Waals surface area contributed by atoms with E-state index in [-0.39, 0.29) is 12.0 Å². The van der Waals surface area contributed by atoms with E-state index in [0.717, 1.165) is 31.4 Å². The molecule has 1 atom stereocenters. The standard InChI is InChI=1S/C16H25N5O2/c1-20(10-13-4-5-13)16(22)12-21-7-8-23-14(11-21)9-17-15-3-2-6-18-19-15/h2-3,6,13-14H,4-5,7-12H2,1H3,(H,17,19)/t14-/m0/s1. The Morgan fingerprint density at radius 3 is 3.13 bits per heavy atom. The lowest BCUT2D eigenvalue weighted by Gasteiger charge is -2.33. The monoisotopic (exact) mass is 319 g/mol. The number of carbonyl (C=O) groups is 1. The van der Waals surface area contributed by atoms with Gasteiger partial charge in [0.25, 0.3) is 0 Å². The van der Waals surface area contributed by atoms with Gasteiger partial charge in [0.15, 0.2) is 0 Å². The molecule has 23 heavy (non-hydrogen) atoms. The number of rotatable bonds is 7. The topological polar surface area (TPSA) is 70.6 Å². The Balaban J connectivity index is 1.41. The van der Waals surface area contributed by atoms with Crippen molar-refractivity contribution in [2.24, 2.45) is 5.92 Å². The molecular formula is C16H25N5O2. The average molecular weight is 319 g/mol. The van der Waals surface area contributed by atoms with Crippen LogP contribution >= 0.6 is 0 Å². The Labute approximate surface area is 137 Å². The number of ether oxygens (including phenoxy) is 1. The van der Waals surface area contributed by atoms with Crippen molar-refractivity contribution in [2.45, 2.75) is 18.9 Å². The second kappa shape index (κ2) is 7.70. The number of anilines is 1. The molecule has 7 heteroatoms. The summed E-state index contributed by atoms with van der Waals surface area (Å²) in [5, 5.41) is 11.1. The lowest BCUT2D eigenvalue weighted by atomic mass is 10.2. The van der Waals surface area contributed by atoms with Crippen molar-refractivity contribution in [3.05, 3.63) is 18.3 Å². The third-order valence-electron chi connectivity index (χ3n) is 4.32. The van der Waals surface area contributed by atoms with Gasteiger partial charge in [-0.1, -0.05) is 0 Å². The van der Waals surface area contributed by atoms with E-state index in [1.165, 1.54) is 12.8 Å². The molecule has 0 radical (unpaired) electrons. The molecule has 2 aliphatic rings. The Morgan fingerprint density at radius 1 is 1.52 bits per heavy atom. The number of amides is 1. The Hall–Kier alpha value is -1.73. The molecule has 0 spiro atoms. The van der Waals surface area contributed by atoms with E-state index in [2.05, 4.69) is 20.4 Å². The minimum absolute atomic E-state index is 0.0623. The zero-order valence-corrected chi connectivity index (χ0v) is 13.6. The molecule has 0 bridgehead atoms. The molecule has 1 amide bonds. The maximum absolute atomic E-state index is 12.3. The second-order valence-corrected chi connectivity index (χ2v) is 6.44. The molecule has 1 aliphatic carbocycles. The van der Waals surface area contributed by atoms with Gasteiger partial charge in [-0.15, -0.1) is 5.10 Å². The summed E-state index contributed by atoms with van der Waals surface area (Å²) in [6.07, 6.45) is 4.25. The summed E-state index contributed by atoms with van der Waals surface area (Å²) in [7, 11) is 1.91. The van der Waals surface area contributed by atoms with E-state index in [4.69, 9.17) is 4.74 Å². The molecular weight excluding hydrogens is 294 g/mol. The molecule has 2 fully saturated rings. The highest BCUT2D eigenvalue weighted by Crippen LogP contribution is 2.29. The fraction of sp³-hybridized carbons (Fsp3) is 0.688. The van der Waals surface area contributed by atoms with Crippen molar-refractivity contribution in [3.8, 4) is 0 Å². The van der Waals surface area contributed by atoms with Crippen LogP contribution in [0.1, 0.15) is 12.8 Å². The lowest BCUT2D eigenvalue weighted by molar-refractivity contribution is -0.133. The third kappa shape index (κ3) is 5.14. The van der Waals surface area contributed by atoms with Crippen molar-refractivity contribution >= 4 is 11.7 Å². The number of nitrogens with zero attached hydrogens (tertiary/aromatic N) is 4. The van der Waals surface area contributed by atoms with Gasteiger partial charge in [0.2, 0.25) is 5.91 Å². The van der Waals surface area contributed by atoms with Crippen LogP contribution in [0.5, 0.6) is 0 Å². The molecule has 126 valence electrons. The van der Waals surface area contributed by atoms with E-state index in [0.29, 0.717) is 19.7 Å². The van der Waals surface area contributed by atoms with Gasteiger partial charge in [0.05, 0.1) is 19.3 Å². The van der Waals surface area contributed by atoms with E-state index >= 15 is 0 Å². The Morgan fingerprint density at radius 2 is 2.39 bits per heavy atom. The zero-order chi connectivity index (χ0) is 16.1. The predicted octanol–water partition coefficient (Wildman–Crippen LogP) is 0.458. The van der Waals surface area contributed by atoms with Crippen molar-refractivity contribution in [1.29, 1.82) is 0 Å². The molecule has 1 saturated carbocycles. The van der Waals surface area contributed by atoms with Gasteiger partial charge in [-0.2, -0.15) is 5.10 Å². The number of aromatic nitrogens is 2. The maximum Gasteiger partial charge on any atom is 0.236 e. The van der Waals surface area contributed by atoms with Crippen LogP contribution in [-0.2, 0) is 9.53 Å². The van der Waals surface area contributed by atoms with Gasteiger partial charge in [-0.05, 0) is 30.9 Å². The summed E-state index contributed by atoms with van der Waals surface area (Å²) in [5.74, 6) is 1.69. The molecule has 3 rings (SSSR count). The van der Waals surface area contributed by atoms with Gasteiger partial charge in [-0.3, -0.25) is 9.69 Å². The molecule has 0 aromatic carbocycles. The molecule has 1 N–H and O–H groups in total. The van der Waals surface area contributed by atoms with E-state index in [9.17, 15) is 4.79 Å². The van der Waals surface area contributed by atoms with Gasteiger partial charge in [-0.25, -0.2) is 0 Å². The quantitative estimate of drug-likeness (QED) is 0.787. The first-order valence-corrected chi connectivity index (χ1v) is 8.30. The normalized spacial score (nSPS) is 21.9. The van der Waals surface area contributed by atoms with Crippen molar-refractivity contribution < 1.29 is 9.53 Å². The molecule has 1 saturated heterocycles. The fourth-order valence-corrected chi connectivity index (χ4v) is 2.76. The Bertz CT molecular complexity index is 508. The molecule has 1 aromatic heterocycles. The fourth-order valence-electron chi connectivity index (χ4n) is 2.76. The minimum Gasteiger partial charge on any atom is -0.374 e. The summed E-state index contributed by atoms with van der Waals surface area (Å²) in [4.78, 5) is 16.3. The van der Waals surface area contributed by atoms with Gasteiger partial charge in [0, 0.05) is 39.4 Å². The number of likely N-dealkylation sites (N-methyl/N-ethyl adjacent to an activating group) is 1. The summed E-state index contributed by atoms with van der Waals surface area (Å²) in [5.41, 5.74) is 0.